The summed E-state index contributed by atoms with van der Waals surface area (Å²) in [5.74, 6) is 4.90. The molecule has 0 radical (unpaired) electrons. The average molecular weight is 405 g/mol. The summed E-state index contributed by atoms with van der Waals surface area (Å²) in [6.45, 7) is 12.7. The SMILES string of the molecule is CC(C)CCCC(C)C1CCC2C3CC=C(CO)C(C)(CCCO)C3CCC12C. The molecule has 0 bridgehead atoms. The number of allylic oxidation sites excluding steroid dienone is 1. The van der Waals surface area contributed by atoms with E-state index in [9.17, 15) is 10.2 Å². The van der Waals surface area contributed by atoms with E-state index in [1.165, 1.54) is 56.9 Å². The van der Waals surface area contributed by atoms with Gasteiger partial charge in [-0.2, -0.15) is 0 Å². The summed E-state index contributed by atoms with van der Waals surface area (Å²) in [4.78, 5) is 0. The van der Waals surface area contributed by atoms with E-state index >= 15 is 0 Å². The fraction of sp³-hybridized carbons (Fsp3) is 0.926. The Kier molecular flexibility index (Phi) is 7.58. The van der Waals surface area contributed by atoms with Crippen molar-refractivity contribution in [2.45, 2.75) is 98.8 Å². The lowest BCUT2D eigenvalue weighted by molar-refractivity contribution is -0.0495. The Morgan fingerprint density at radius 3 is 2.41 bits per heavy atom. The molecule has 0 amide bonds. The molecule has 0 aromatic carbocycles. The van der Waals surface area contributed by atoms with Gasteiger partial charge in [0.05, 0.1) is 6.61 Å². The lowest BCUT2D eigenvalue weighted by Crippen LogP contribution is -2.49. The van der Waals surface area contributed by atoms with Crippen LogP contribution in [0.3, 0.4) is 0 Å². The van der Waals surface area contributed by atoms with E-state index in [0.717, 1.165) is 42.4 Å². The summed E-state index contributed by atoms with van der Waals surface area (Å²) in [6, 6.07) is 0. The molecule has 0 saturated heterocycles. The molecule has 2 saturated carbocycles. The molecule has 2 fully saturated rings. The zero-order valence-corrected chi connectivity index (χ0v) is 19.9. The average Bonchev–Trinajstić information content (AvgIpc) is 3.03. The van der Waals surface area contributed by atoms with Gasteiger partial charge >= 0.3 is 0 Å². The first kappa shape index (κ1) is 23.3. The molecule has 3 aliphatic rings. The largest absolute Gasteiger partial charge is 0.396 e. The predicted molar refractivity (Wildman–Crippen MR) is 123 cm³/mol. The third-order valence-corrected chi connectivity index (χ3v) is 9.85. The first-order valence-corrected chi connectivity index (χ1v) is 12.7. The van der Waals surface area contributed by atoms with E-state index in [-0.39, 0.29) is 18.6 Å². The van der Waals surface area contributed by atoms with E-state index in [1.54, 1.807) is 0 Å². The first-order chi connectivity index (χ1) is 13.8. The molecular weight excluding hydrogens is 356 g/mol. The van der Waals surface area contributed by atoms with Gasteiger partial charge in [-0.15, -0.1) is 0 Å². The van der Waals surface area contributed by atoms with Crippen molar-refractivity contribution in [3.8, 4) is 0 Å². The standard InChI is InChI=1S/C27H48O2/c1-19(2)8-6-9-20(3)23-12-13-24-22-11-10-21(18-29)26(4,15-7-17-28)25(22)14-16-27(23,24)5/h10,19-20,22-25,28-29H,6-9,11-18H2,1-5H3. The maximum Gasteiger partial charge on any atom is 0.0647 e. The van der Waals surface area contributed by atoms with Gasteiger partial charge in [0.1, 0.15) is 0 Å². The molecule has 0 heterocycles. The molecule has 3 rings (SSSR count). The number of aliphatic hydroxyl groups is 2. The van der Waals surface area contributed by atoms with Crippen LogP contribution < -0.4 is 0 Å². The highest BCUT2D eigenvalue weighted by Gasteiger charge is 2.58. The van der Waals surface area contributed by atoms with Crippen molar-refractivity contribution >= 4 is 0 Å². The van der Waals surface area contributed by atoms with Gasteiger partial charge < -0.3 is 10.2 Å². The van der Waals surface area contributed by atoms with Gasteiger partial charge in [-0.3, -0.25) is 0 Å². The Bertz CT molecular complexity index is 567. The Hall–Kier alpha value is -0.340. The summed E-state index contributed by atoms with van der Waals surface area (Å²) < 4.78 is 0. The molecule has 3 aliphatic carbocycles. The molecule has 2 nitrogen and oxygen atoms in total. The molecule has 0 aliphatic heterocycles. The molecule has 7 atom stereocenters. The monoisotopic (exact) mass is 404 g/mol. The highest BCUT2D eigenvalue weighted by Crippen LogP contribution is 2.66. The fourth-order valence-corrected chi connectivity index (χ4v) is 8.22. The van der Waals surface area contributed by atoms with Crippen molar-refractivity contribution < 1.29 is 10.2 Å². The molecule has 29 heavy (non-hydrogen) atoms. The van der Waals surface area contributed by atoms with Crippen LogP contribution in [0.25, 0.3) is 0 Å². The Balaban J connectivity index is 1.75. The molecule has 0 aromatic heterocycles. The number of aliphatic hydroxyl groups excluding tert-OH is 2. The summed E-state index contributed by atoms with van der Waals surface area (Å²) in [6.07, 6.45) is 15.1. The third kappa shape index (κ3) is 4.36. The molecule has 0 spiro atoms. The van der Waals surface area contributed by atoms with Crippen LogP contribution in [0, 0.1) is 46.3 Å². The lowest BCUT2D eigenvalue weighted by atomic mass is 9.48. The van der Waals surface area contributed by atoms with Crippen molar-refractivity contribution in [1.82, 2.24) is 0 Å². The van der Waals surface area contributed by atoms with Crippen LogP contribution in [-0.2, 0) is 0 Å². The van der Waals surface area contributed by atoms with Gasteiger partial charge in [-0.05, 0) is 96.9 Å². The summed E-state index contributed by atoms with van der Waals surface area (Å²) in [5, 5.41) is 19.5. The van der Waals surface area contributed by atoms with E-state index in [1.807, 2.05) is 0 Å². The number of rotatable bonds is 9. The second kappa shape index (κ2) is 9.43. The van der Waals surface area contributed by atoms with Crippen LogP contribution in [-0.4, -0.2) is 23.4 Å². The van der Waals surface area contributed by atoms with E-state index in [0.29, 0.717) is 11.3 Å². The van der Waals surface area contributed by atoms with Crippen molar-refractivity contribution in [3.63, 3.8) is 0 Å². The van der Waals surface area contributed by atoms with Gasteiger partial charge in [-0.25, -0.2) is 0 Å². The van der Waals surface area contributed by atoms with Crippen molar-refractivity contribution in [2.75, 3.05) is 13.2 Å². The minimum Gasteiger partial charge on any atom is -0.396 e. The second-order valence-corrected chi connectivity index (χ2v) is 11.8. The van der Waals surface area contributed by atoms with Crippen molar-refractivity contribution in [3.05, 3.63) is 11.6 Å². The van der Waals surface area contributed by atoms with Gasteiger partial charge in [0.25, 0.3) is 0 Å². The van der Waals surface area contributed by atoms with E-state index in [4.69, 9.17) is 0 Å². The minimum atomic E-state index is 0.0860. The Morgan fingerprint density at radius 2 is 1.76 bits per heavy atom. The van der Waals surface area contributed by atoms with Crippen LogP contribution in [0.5, 0.6) is 0 Å². The predicted octanol–water partition coefficient (Wildman–Crippen LogP) is 6.61. The van der Waals surface area contributed by atoms with Crippen LogP contribution in [0.1, 0.15) is 98.8 Å². The van der Waals surface area contributed by atoms with Crippen molar-refractivity contribution in [1.29, 1.82) is 0 Å². The van der Waals surface area contributed by atoms with Gasteiger partial charge in [-0.1, -0.05) is 60.0 Å². The second-order valence-electron chi connectivity index (χ2n) is 11.8. The zero-order chi connectivity index (χ0) is 21.2. The Morgan fingerprint density at radius 1 is 1.00 bits per heavy atom. The van der Waals surface area contributed by atoms with Crippen LogP contribution >= 0.6 is 0 Å². The molecule has 2 N–H and O–H groups in total. The molecular formula is C27H48O2. The van der Waals surface area contributed by atoms with Gasteiger partial charge in [0.2, 0.25) is 0 Å². The van der Waals surface area contributed by atoms with Crippen LogP contribution in [0.15, 0.2) is 11.6 Å². The van der Waals surface area contributed by atoms with E-state index < -0.39 is 0 Å². The summed E-state index contributed by atoms with van der Waals surface area (Å²) in [7, 11) is 0. The maximum absolute atomic E-state index is 10.1. The van der Waals surface area contributed by atoms with Crippen LogP contribution in [0.2, 0.25) is 0 Å². The van der Waals surface area contributed by atoms with Crippen molar-refractivity contribution in [2.24, 2.45) is 46.3 Å². The number of fused-ring (bicyclic) bond motifs is 3. The smallest absolute Gasteiger partial charge is 0.0647 e. The van der Waals surface area contributed by atoms with Gasteiger partial charge in [0, 0.05) is 6.61 Å². The maximum atomic E-state index is 10.1. The lowest BCUT2D eigenvalue weighted by Gasteiger charge is -2.57. The zero-order valence-electron chi connectivity index (χ0n) is 19.9. The molecule has 168 valence electrons. The number of hydrogen-bond acceptors (Lipinski definition) is 2. The normalized spacial score (nSPS) is 40.5. The Labute approximate surface area is 180 Å². The van der Waals surface area contributed by atoms with Crippen LogP contribution in [0.4, 0.5) is 0 Å². The van der Waals surface area contributed by atoms with E-state index in [2.05, 4.69) is 40.7 Å². The summed E-state index contributed by atoms with van der Waals surface area (Å²) in [5.41, 5.74) is 1.86. The van der Waals surface area contributed by atoms with Gasteiger partial charge in [0.15, 0.2) is 0 Å². The highest BCUT2D eigenvalue weighted by molar-refractivity contribution is 5.23. The summed E-state index contributed by atoms with van der Waals surface area (Å²) >= 11 is 0. The fourth-order valence-electron chi connectivity index (χ4n) is 8.22. The first-order valence-electron chi connectivity index (χ1n) is 12.7. The minimum absolute atomic E-state index is 0.0860. The third-order valence-electron chi connectivity index (χ3n) is 9.85. The highest BCUT2D eigenvalue weighted by atomic mass is 16.3. The topological polar surface area (TPSA) is 40.5 Å². The molecule has 0 aromatic rings. The number of hydrogen-bond donors (Lipinski definition) is 2. The molecule has 7 unspecified atom stereocenters. The quantitative estimate of drug-likeness (QED) is 0.425. The molecule has 2 heteroatoms.